The molecule has 0 atom stereocenters. The number of anilines is 1. The predicted molar refractivity (Wildman–Crippen MR) is 83.3 cm³/mol. The van der Waals surface area contributed by atoms with Crippen LogP contribution in [0.15, 0.2) is 48.7 Å². The lowest BCUT2D eigenvalue weighted by molar-refractivity contribution is 0.627. The number of nitrogens with zero attached hydrogens (tertiary/aromatic N) is 3. The lowest BCUT2D eigenvalue weighted by Crippen LogP contribution is -2.18. The lowest BCUT2D eigenvalue weighted by Gasteiger charge is -2.18. The van der Waals surface area contributed by atoms with Crippen molar-refractivity contribution in [3.05, 3.63) is 65.7 Å². The van der Waals surface area contributed by atoms with Crippen LogP contribution in [-0.4, -0.2) is 16.4 Å². The van der Waals surface area contributed by atoms with Crippen LogP contribution < -0.4 is 4.90 Å². The highest BCUT2D eigenvalue weighted by atomic mass is 35.5. The first-order valence-corrected chi connectivity index (χ1v) is 7.20. The van der Waals surface area contributed by atoms with Gasteiger partial charge >= 0.3 is 0 Å². The Balaban J connectivity index is 1.93. The van der Waals surface area contributed by atoms with E-state index in [1.165, 1.54) is 12.1 Å². The molecule has 1 aromatic carbocycles. The summed E-state index contributed by atoms with van der Waals surface area (Å²) in [4.78, 5) is 6.65. The molecule has 0 N–H and O–H groups in total. The number of benzene rings is 1. The van der Waals surface area contributed by atoms with E-state index in [9.17, 15) is 4.39 Å². The van der Waals surface area contributed by atoms with Crippen LogP contribution in [0, 0.1) is 5.82 Å². The van der Waals surface area contributed by atoms with Gasteiger partial charge in [-0.2, -0.15) is 0 Å². The van der Waals surface area contributed by atoms with Crippen molar-refractivity contribution >= 4 is 23.1 Å². The molecule has 0 aliphatic carbocycles. The number of aromatic nitrogens is 2. The number of halogens is 2. The van der Waals surface area contributed by atoms with Gasteiger partial charge in [0.05, 0.1) is 11.6 Å². The molecule has 21 heavy (non-hydrogen) atoms. The number of pyridine rings is 1. The minimum absolute atomic E-state index is 0.226. The zero-order chi connectivity index (χ0) is 14.8. The van der Waals surface area contributed by atoms with E-state index in [0.717, 1.165) is 22.7 Å². The minimum Gasteiger partial charge on any atom is -0.354 e. The molecule has 3 rings (SSSR count). The Hall–Kier alpha value is -2.07. The zero-order valence-corrected chi connectivity index (χ0v) is 12.4. The summed E-state index contributed by atoms with van der Waals surface area (Å²) in [5, 5.41) is 0. The topological polar surface area (TPSA) is 20.5 Å². The standard InChI is InChI=1S/C16H15ClFN3/c1-20(11-12-5-7-13(18)8-6-12)16-14(10-17)21-9-3-2-4-15(21)19-16/h2-9H,10-11H2,1H3. The molecule has 5 heteroatoms. The molecule has 3 aromatic rings. The van der Waals surface area contributed by atoms with Crippen LogP contribution in [0.25, 0.3) is 5.65 Å². The largest absolute Gasteiger partial charge is 0.354 e. The van der Waals surface area contributed by atoms with Crippen LogP contribution in [0.4, 0.5) is 10.2 Å². The maximum Gasteiger partial charge on any atom is 0.152 e. The van der Waals surface area contributed by atoms with Gasteiger partial charge in [0.15, 0.2) is 5.82 Å². The Morgan fingerprint density at radius 3 is 2.67 bits per heavy atom. The molecule has 0 aliphatic heterocycles. The van der Waals surface area contributed by atoms with E-state index < -0.39 is 0 Å². The number of alkyl halides is 1. The van der Waals surface area contributed by atoms with Gasteiger partial charge in [-0.25, -0.2) is 9.37 Å². The van der Waals surface area contributed by atoms with Crippen LogP contribution in [0.3, 0.4) is 0 Å². The average Bonchev–Trinajstić information content (AvgIpc) is 2.88. The first-order valence-electron chi connectivity index (χ1n) is 6.66. The van der Waals surface area contributed by atoms with E-state index >= 15 is 0 Å². The maximum absolute atomic E-state index is 13.0. The fourth-order valence-corrected chi connectivity index (χ4v) is 2.65. The van der Waals surface area contributed by atoms with E-state index in [2.05, 4.69) is 4.98 Å². The van der Waals surface area contributed by atoms with Gasteiger partial charge in [-0.3, -0.25) is 0 Å². The lowest BCUT2D eigenvalue weighted by atomic mass is 10.2. The molecule has 0 saturated heterocycles. The summed E-state index contributed by atoms with van der Waals surface area (Å²) in [5.41, 5.74) is 2.85. The molecule has 0 amide bonds. The third-order valence-electron chi connectivity index (χ3n) is 3.43. The van der Waals surface area contributed by atoms with Gasteiger partial charge in [0.2, 0.25) is 0 Å². The molecule has 2 heterocycles. The number of imidazole rings is 1. The fraction of sp³-hybridized carbons (Fsp3) is 0.188. The minimum atomic E-state index is -0.226. The van der Waals surface area contributed by atoms with Gasteiger partial charge in [0.25, 0.3) is 0 Å². The van der Waals surface area contributed by atoms with Crippen LogP contribution in [-0.2, 0) is 12.4 Å². The van der Waals surface area contributed by atoms with Crippen LogP contribution >= 0.6 is 11.6 Å². The van der Waals surface area contributed by atoms with Gasteiger partial charge in [-0.05, 0) is 29.8 Å². The van der Waals surface area contributed by atoms with Crippen LogP contribution in [0.2, 0.25) is 0 Å². The van der Waals surface area contributed by atoms with Crippen LogP contribution in [0.5, 0.6) is 0 Å². The number of fused-ring (bicyclic) bond motifs is 1. The second kappa shape index (κ2) is 5.74. The Kier molecular flexibility index (Phi) is 3.80. The molecule has 0 aliphatic rings. The molecule has 108 valence electrons. The normalized spacial score (nSPS) is 11.0. The molecule has 0 saturated carbocycles. The van der Waals surface area contributed by atoms with Crippen molar-refractivity contribution in [3.8, 4) is 0 Å². The number of hydrogen-bond acceptors (Lipinski definition) is 2. The SMILES string of the molecule is CN(Cc1ccc(F)cc1)c1nc2ccccn2c1CCl. The highest BCUT2D eigenvalue weighted by Crippen LogP contribution is 2.23. The Morgan fingerprint density at radius 2 is 1.95 bits per heavy atom. The number of rotatable bonds is 4. The molecule has 0 unspecified atom stereocenters. The van der Waals surface area contributed by atoms with E-state index in [0.29, 0.717) is 12.4 Å². The molecule has 3 nitrogen and oxygen atoms in total. The van der Waals surface area contributed by atoms with Crippen molar-refractivity contribution in [2.75, 3.05) is 11.9 Å². The van der Waals surface area contributed by atoms with E-state index in [4.69, 9.17) is 11.6 Å². The van der Waals surface area contributed by atoms with Gasteiger partial charge in [0, 0.05) is 19.8 Å². The van der Waals surface area contributed by atoms with E-state index in [-0.39, 0.29) is 5.82 Å². The third-order valence-corrected chi connectivity index (χ3v) is 3.68. The molecule has 0 fully saturated rings. The zero-order valence-electron chi connectivity index (χ0n) is 11.6. The van der Waals surface area contributed by atoms with Crippen molar-refractivity contribution in [2.45, 2.75) is 12.4 Å². The summed E-state index contributed by atoms with van der Waals surface area (Å²) >= 11 is 6.08. The quantitative estimate of drug-likeness (QED) is 0.683. The summed E-state index contributed by atoms with van der Waals surface area (Å²) < 4.78 is 14.9. The molecule has 0 bridgehead atoms. The first-order chi connectivity index (χ1) is 10.2. The Labute approximate surface area is 127 Å². The van der Waals surface area contributed by atoms with Crippen LogP contribution in [0.1, 0.15) is 11.3 Å². The summed E-state index contributed by atoms with van der Waals surface area (Å²) in [6.07, 6.45) is 1.95. The van der Waals surface area contributed by atoms with Crippen molar-refractivity contribution < 1.29 is 4.39 Å². The van der Waals surface area contributed by atoms with Crippen molar-refractivity contribution in [1.82, 2.24) is 9.38 Å². The molecule has 0 spiro atoms. The Morgan fingerprint density at radius 1 is 1.19 bits per heavy atom. The van der Waals surface area contributed by atoms with Crippen molar-refractivity contribution in [1.29, 1.82) is 0 Å². The molecular formula is C16H15ClFN3. The van der Waals surface area contributed by atoms with Crippen molar-refractivity contribution in [2.24, 2.45) is 0 Å². The summed E-state index contributed by atoms with van der Waals surface area (Å²) in [7, 11) is 1.96. The van der Waals surface area contributed by atoms with Gasteiger partial charge in [0.1, 0.15) is 11.5 Å². The highest BCUT2D eigenvalue weighted by molar-refractivity contribution is 6.17. The summed E-state index contributed by atoms with van der Waals surface area (Å²) in [6.45, 7) is 0.647. The molecular weight excluding hydrogens is 289 g/mol. The Bertz CT molecular complexity index is 752. The monoisotopic (exact) mass is 303 g/mol. The van der Waals surface area contributed by atoms with E-state index in [1.54, 1.807) is 12.1 Å². The summed E-state index contributed by atoms with van der Waals surface area (Å²) in [5.74, 6) is 1.00. The third kappa shape index (κ3) is 2.72. The second-order valence-electron chi connectivity index (χ2n) is 4.93. The fourth-order valence-electron chi connectivity index (χ4n) is 2.40. The number of hydrogen-bond donors (Lipinski definition) is 0. The predicted octanol–water partition coefficient (Wildman–Crippen LogP) is 3.85. The molecule has 0 radical (unpaired) electrons. The molecule has 2 aromatic heterocycles. The van der Waals surface area contributed by atoms with Gasteiger partial charge in [-0.1, -0.05) is 18.2 Å². The smallest absolute Gasteiger partial charge is 0.152 e. The first kappa shape index (κ1) is 13.9. The second-order valence-corrected chi connectivity index (χ2v) is 5.19. The van der Waals surface area contributed by atoms with E-state index in [1.807, 2.05) is 40.7 Å². The average molecular weight is 304 g/mol. The van der Waals surface area contributed by atoms with Crippen molar-refractivity contribution in [3.63, 3.8) is 0 Å². The highest BCUT2D eigenvalue weighted by Gasteiger charge is 2.14. The maximum atomic E-state index is 13.0. The summed E-state index contributed by atoms with van der Waals surface area (Å²) in [6, 6.07) is 12.3. The van der Waals surface area contributed by atoms with Gasteiger partial charge in [-0.15, -0.1) is 11.6 Å². The van der Waals surface area contributed by atoms with Gasteiger partial charge < -0.3 is 9.30 Å².